The molecule has 1 aromatic heterocycles. The van der Waals surface area contributed by atoms with Gasteiger partial charge < -0.3 is 20.1 Å². The molecule has 0 spiro atoms. The van der Waals surface area contributed by atoms with Crippen molar-refractivity contribution in [3.63, 3.8) is 0 Å². The molecule has 6 nitrogen and oxygen atoms in total. The van der Waals surface area contributed by atoms with Gasteiger partial charge in [-0.2, -0.15) is 0 Å². The number of nitrogens with one attached hydrogen (secondary N) is 2. The van der Waals surface area contributed by atoms with Crippen LogP contribution >= 0.6 is 0 Å². The Morgan fingerprint density at radius 3 is 2.76 bits per heavy atom. The summed E-state index contributed by atoms with van der Waals surface area (Å²) in [6.07, 6.45) is 2.15. The van der Waals surface area contributed by atoms with Crippen LogP contribution in [0.3, 0.4) is 0 Å². The number of nitrogens with zero attached hydrogens (tertiary/aromatic N) is 1. The first-order valence-electron chi connectivity index (χ1n) is 10.1. The highest BCUT2D eigenvalue weighted by Gasteiger charge is 2.24. The van der Waals surface area contributed by atoms with Crippen molar-refractivity contribution in [2.45, 2.75) is 32.0 Å². The fourth-order valence-corrected chi connectivity index (χ4v) is 4.17. The van der Waals surface area contributed by atoms with Gasteiger partial charge in [-0.3, -0.25) is 9.69 Å². The van der Waals surface area contributed by atoms with E-state index in [0.29, 0.717) is 18.0 Å². The van der Waals surface area contributed by atoms with Crippen molar-refractivity contribution < 1.29 is 14.6 Å². The summed E-state index contributed by atoms with van der Waals surface area (Å²) >= 11 is 0. The second kappa shape index (κ2) is 8.68. The van der Waals surface area contributed by atoms with E-state index < -0.39 is 0 Å². The average molecular weight is 393 g/mol. The first-order valence-corrected chi connectivity index (χ1v) is 10.1. The molecule has 1 aliphatic heterocycles. The number of rotatable bonds is 7. The Morgan fingerprint density at radius 2 is 1.97 bits per heavy atom. The van der Waals surface area contributed by atoms with Crippen molar-refractivity contribution in [3.05, 3.63) is 65.4 Å². The van der Waals surface area contributed by atoms with Crippen LogP contribution in [-0.2, 0) is 13.1 Å². The molecule has 152 valence electrons. The number of ether oxygens (including phenoxy) is 1. The van der Waals surface area contributed by atoms with Gasteiger partial charge in [0.15, 0.2) is 5.75 Å². The number of H-pyrrole nitrogens is 1. The van der Waals surface area contributed by atoms with Crippen LogP contribution in [0.2, 0.25) is 0 Å². The fraction of sp³-hybridized carbons (Fsp3) is 0.348. The van der Waals surface area contributed by atoms with E-state index in [-0.39, 0.29) is 18.6 Å². The topological polar surface area (TPSA) is 77.6 Å². The fourth-order valence-electron chi connectivity index (χ4n) is 4.17. The zero-order valence-electron chi connectivity index (χ0n) is 16.6. The van der Waals surface area contributed by atoms with Crippen molar-refractivity contribution >= 4 is 16.8 Å². The molecule has 29 heavy (non-hydrogen) atoms. The van der Waals surface area contributed by atoms with E-state index in [0.717, 1.165) is 42.4 Å². The smallest absolute Gasteiger partial charge is 0.271 e. The Labute approximate surface area is 170 Å². The summed E-state index contributed by atoms with van der Waals surface area (Å²) in [7, 11) is 1.58. The van der Waals surface area contributed by atoms with Crippen LogP contribution in [0, 0.1) is 0 Å². The van der Waals surface area contributed by atoms with E-state index in [1.165, 1.54) is 5.56 Å². The van der Waals surface area contributed by atoms with Crippen molar-refractivity contribution in [1.82, 2.24) is 15.2 Å². The summed E-state index contributed by atoms with van der Waals surface area (Å²) in [6.45, 7) is 2.41. The Morgan fingerprint density at radius 1 is 1.21 bits per heavy atom. The minimum absolute atomic E-state index is 0.192. The van der Waals surface area contributed by atoms with Gasteiger partial charge in [0.25, 0.3) is 5.91 Å². The number of hydrogen-bond donors (Lipinski definition) is 3. The molecule has 1 atom stereocenters. The van der Waals surface area contributed by atoms with Gasteiger partial charge in [0.05, 0.1) is 13.7 Å². The highest BCUT2D eigenvalue weighted by atomic mass is 16.5. The summed E-state index contributed by atoms with van der Waals surface area (Å²) in [5, 5.41) is 13.5. The maximum Gasteiger partial charge on any atom is 0.271 e. The lowest BCUT2D eigenvalue weighted by molar-refractivity contribution is 0.0943. The molecule has 1 unspecified atom stereocenters. The molecule has 1 aliphatic rings. The molecule has 0 radical (unpaired) electrons. The summed E-state index contributed by atoms with van der Waals surface area (Å²) in [6, 6.07) is 16.1. The monoisotopic (exact) mass is 393 g/mol. The summed E-state index contributed by atoms with van der Waals surface area (Å²) in [5.74, 6) is 0.372. The van der Waals surface area contributed by atoms with Crippen molar-refractivity contribution in [2.75, 3.05) is 20.3 Å². The third-order valence-corrected chi connectivity index (χ3v) is 5.73. The van der Waals surface area contributed by atoms with E-state index >= 15 is 0 Å². The van der Waals surface area contributed by atoms with Gasteiger partial charge in [0.1, 0.15) is 5.69 Å². The molecular weight excluding hydrogens is 366 g/mol. The Bertz CT molecular complexity index is 998. The molecule has 1 saturated heterocycles. The van der Waals surface area contributed by atoms with Crippen molar-refractivity contribution in [1.29, 1.82) is 0 Å². The number of fused-ring (bicyclic) bond motifs is 1. The van der Waals surface area contributed by atoms with Gasteiger partial charge >= 0.3 is 0 Å². The zero-order chi connectivity index (χ0) is 20.2. The lowest BCUT2D eigenvalue weighted by Gasteiger charge is -2.24. The van der Waals surface area contributed by atoms with Crippen LogP contribution in [-0.4, -0.2) is 47.2 Å². The number of amides is 1. The molecule has 1 fully saturated rings. The molecule has 0 saturated carbocycles. The Balaban J connectivity index is 1.49. The number of hydrogen-bond acceptors (Lipinski definition) is 4. The number of para-hydroxylation sites is 1. The predicted molar refractivity (Wildman–Crippen MR) is 113 cm³/mol. The van der Waals surface area contributed by atoms with E-state index in [1.54, 1.807) is 7.11 Å². The minimum atomic E-state index is -0.192. The second-order valence-electron chi connectivity index (χ2n) is 7.48. The summed E-state index contributed by atoms with van der Waals surface area (Å²) in [4.78, 5) is 18.3. The molecule has 3 N–H and O–H groups in total. The Kier molecular flexibility index (Phi) is 5.83. The highest BCUT2D eigenvalue weighted by molar-refractivity contribution is 6.03. The number of carbonyl (C=O) groups excluding carboxylic acids is 1. The second-order valence-corrected chi connectivity index (χ2v) is 7.48. The van der Waals surface area contributed by atoms with E-state index in [1.807, 2.05) is 42.5 Å². The predicted octanol–water partition coefficient (Wildman–Crippen LogP) is 3.06. The molecule has 2 heterocycles. The summed E-state index contributed by atoms with van der Waals surface area (Å²) < 4.78 is 5.49. The lowest BCUT2D eigenvalue weighted by atomic mass is 10.1. The number of benzene rings is 2. The van der Waals surface area contributed by atoms with Gasteiger partial charge in [0, 0.05) is 30.0 Å². The van der Waals surface area contributed by atoms with Gasteiger partial charge in [-0.15, -0.1) is 0 Å². The van der Waals surface area contributed by atoms with Crippen LogP contribution in [0.25, 0.3) is 10.9 Å². The van der Waals surface area contributed by atoms with Crippen LogP contribution < -0.4 is 10.1 Å². The standard InChI is InChI=1S/C23H27N3O3/c1-29-22-19-10-4-5-11-20(19)25-21(22)23(28)24-13-16-7-2-3-8-17(16)14-26-12-6-9-18(26)15-27/h2-5,7-8,10-11,18,25,27H,6,9,12-15H2,1H3,(H,24,28). The number of aromatic amines is 1. The van der Waals surface area contributed by atoms with Crippen LogP contribution in [0.15, 0.2) is 48.5 Å². The molecule has 0 aliphatic carbocycles. The number of carbonyl (C=O) groups is 1. The third-order valence-electron chi connectivity index (χ3n) is 5.73. The number of likely N-dealkylation sites (tertiary alicyclic amines) is 1. The third kappa shape index (κ3) is 3.99. The van der Waals surface area contributed by atoms with E-state index in [2.05, 4.69) is 21.3 Å². The number of aliphatic hydroxyl groups excluding tert-OH is 1. The SMILES string of the molecule is COc1c(C(=O)NCc2ccccc2CN2CCCC2CO)[nH]c2ccccc12. The van der Waals surface area contributed by atoms with Crippen LogP contribution in [0.5, 0.6) is 5.75 Å². The van der Waals surface area contributed by atoms with Crippen LogP contribution in [0.1, 0.15) is 34.5 Å². The van der Waals surface area contributed by atoms with Gasteiger partial charge in [-0.1, -0.05) is 36.4 Å². The van der Waals surface area contributed by atoms with E-state index in [4.69, 9.17) is 4.74 Å². The van der Waals surface area contributed by atoms with Gasteiger partial charge in [-0.05, 0) is 42.6 Å². The van der Waals surface area contributed by atoms with Crippen molar-refractivity contribution in [2.24, 2.45) is 0 Å². The Hall–Kier alpha value is -2.83. The highest BCUT2D eigenvalue weighted by Crippen LogP contribution is 2.29. The quantitative estimate of drug-likeness (QED) is 0.577. The molecule has 3 aromatic rings. The van der Waals surface area contributed by atoms with Crippen molar-refractivity contribution in [3.8, 4) is 5.75 Å². The maximum absolute atomic E-state index is 12.9. The number of aromatic nitrogens is 1. The van der Waals surface area contributed by atoms with Gasteiger partial charge in [-0.25, -0.2) is 0 Å². The molecule has 1 amide bonds. The first-order chi connectivity index (χ1) is 14.2. The number of methoxy groups -OCH3 is 1. The minimum Gasteiger partial charge on any atom is -0.494 e. The largest absolute Gasteiger partial charge is 0.494 e. The van der Waals surface area contributed by atoms with Crippen LogP contribution in [0.4, 0.5) is 0 Å². The van der Waals surface area contributed by atoms with E-state index in [9.17, 15) is 9.90 Å². The lowest BCUT2D eigenvalue weighted by Crippen LogP contribution is -2.32. The molecular formula is C23H27N3O3. The molecule has 2 aromatic carbocycles. The normalized spacial score (nSPS) is 17.0. The maximum atomic E-state index is 12.9. The molecule has 0 bridgehead atoms. The summed E-state index contributed by atoms with van der Waals surface area (Å²) in [5.41, 5.74) is 3.57. The number of aliphatic hydroxyl groups is 1. The average Bonchev–Trinajstić information content (AvgIpc) is 3.36. The zero-order valence-corrected chi connectivity index (χ0v) is 16.6. The van der Waals surface area contributed by atoms with Gasteiger partial charge in [0.2, 0.25) is 0 Å². The molecule has 6 heteroatoms. The first kappa shape index (κ1) is 19.5. The molecule has 4 rings (SSSR count).